The van der Waals surface area contributed by atoms with E-state index in [0.29, 0.717) is 24.2 Å². The molecule has 9 heteroatoms. The molecule has 0 saturated heterocycles. The van der Waals surface area contributed by atoms with Crippen molar-refractivity contribution in [2.75, 3.05) is 13.1 Å². The topological polar surface area (TPSA) is 46.3 Å². The van der Waals surface area contributed by atoms with Crippen molar-refractivity contribution in [2.45, 2.75) is 37.7 Å². The van der Waals surface area contributed by atoms with Crippen molar-refractivity contribution in [2.24, 2.45) is 11.7 Å². The molecule has 2 N–H and O–H groups in total. The lowest BCUT2D eigenvalue weighted by atomic mass is 9.90. The fourth-order valence-electron chi connectivity index (χ4n) is 1.94. The van der Waals surface area contributed by atoms with Gasteiger partial charge in [0.05, 0.1) is 0 Å². The molecule has 1 aliphatic carbocycles. The van der Waals surface area contributed by atoms with Gasteiger partial charge in [-0.3, -0.25) is 4.79 Å². The Hall–Kier alpha value is -0.990. The summed E-state index contributed by atoms with van der Waals surface area (Å²) in [5.41, 5.74) is 5.15. The average molecular weight is 292 g/mol. The average Bonchev–Trinajstić information content (AvgIpc) is 2.09. The Bertz CT molecular complexity index is 309. The van der Waals surface area contributed by atoms with Crippen LogP contribution >= 0.6 is 0 Å². The summed E-state index contributed by atoms with van der Waals surface area (Å²) in [5.74, 6) is -5.91. The number of hydrogen-bond acceptors (Lipinski definition) is 2. The molecular weight excluding hydrogens is 278 g/mol. The van der Waals surface area contributed by atoms with Gasteiger partial charge in [0.15, 0.2) is 0 Å². The summed E-state index contributed by atoms with van der Waals surface area (Å²) >= 11 is 0. The van der Waals surface area contributed by atoms with Gasteiger partial charge in [0, 0.05) is 19.1 Å². The van der Waals surface area contributed by atoms with Crippen LogP contribution in [-0.2, 0) is 4.79 Å². The maximum Gasteiger partial charge on any atom is 0.409 e. The van der Waals surface area contributed by atoms with Crippen LogP contribution in [0.2, 0.25) is 0 Å². The summed E-state index contributed by atoms with van der Waals surface area (Å²) in [5, 5.41) is 0. The third-order valence-electron chi connectivity index (χ3n) is 3.07. The minimum Gasteiger partial charge on any atom is -0.338 e. The molecule has 0 unspecified atom stereocenters. The summed E-state index contributed by atoms with van der Waals surface area (Å²) in [6.07, 6.45) is -9.79. The molecule has 19 heavy (non-hydrogen) atoms. The van der Waals surface area contributed by atoms with Crippen LogP contribution in [0.25, 0.3) is 0 Å². The highest BCUT2D eigenvalue weighted by molar-refractivity contribution is 5.81. The molecule has 1 amide bonds. The highest BCUT2D eigenvalue weighted by Gasteiger charge is 2.62. The smallest absolute Gasteiger partial charge is 0.338 e. The second-order valence-corrected chi connectivity index (χ2v) is 4.42. The van der Waals surface area contributed by atoms with Gasteiger partial charge in [-0.05, 0) is 19.3 Å². The van der Waals surface area contributed by atoms with E-state index in [2.05, 4.69) is 0 Å². The fourth-order valence-corrected chi connectivity index (χ4v) is 1.94. The van der Waals surface area contributed by atoms with Crippen LogP contribution in [0.1, 0.15) is 19.3 Å². The van der Waals surface area contributed by atoms with E-state index in [9.17, 15) is 31.1 Å². The molecule has 3 nitrogen and oxygen atoms in total. The molecule has 0 atom stereocenters. The van der Waals surface area contributed by atoms with Crippen molar-refractivity contribution in [3.63, 3.8) is 0 Å². The summed E-state index contributed by atoms with van der Waals surface area (Å²) in [6.45, 7) is -0.475. The van der Waals surface area contributed by atoms with E-state index >= 15 is 0 Å². The van der Waals surface area contributed by atoms with Crippen molar-refractivity contribution in [1.82, 2.24) is 4.90 Å². The Morgan fingerprint density at radius 2 is 1.63 bits per heavy atom. The quantitative estimate of drug-likeness (QED) is 0.806. The third kappa shape index (κ3) is 3.74. The zero-order valence-corrected chi connectivity index (χ0v) is 9.89. The van der Waals surface area contributed by atoms with Gasteiger partial charge in [0.1, 0.15) is 0 Å². The first-order valence-electron chi connectivity index (χ1n) is 5.73. The molecule has 1 fully saturated rings. The van der Waals surface area contributed by atoms with E-state index in [1.807, 2.05) is 0 Å². The normalized spacial score (nSPS) is 17.5. The third-order valence-corrected chi connectivity index (χ3v) is 3.07. The van der Waals surface area contributed by atoms with Crippen LogP contribution < -0.4 is 5.73 Å². The van der Waals surface area contributed by atoms with E-state index < -0.39 is 30.2 Å². The van der Waals surface area contributed by atoms with Gasteiger partial charge in [0.2, 0.25) is 11.8 Å². The van der Waals surface area contributed by atoms with Gasteiger partial charge in [-0.1, -0.05) is 0 Å². The molecule has 0 radical (unpaired) electrons. The number of nitrogens with two attached hydrogens (primary N) is 1. The van der Waals surface area contributed by atoms with Gasteiger partial charge >= 0.3 is 12.4 Å². The number of alkyl halides is 6. The maximum absolute atomic E-state index is 12.5. The molecule has 0 bridgehead atoms. The summed E-state index contributed by atoms with van der Waals surface area (Å²) in [4.78, 5) is 12.2. The Labute approximate surface area is 105 Å². The summed E-state index contributed by atoms with van der Waals surface area (Å²) in [7, 11) is 0. The number of carbonyl (C=O) groups is 1. The Morgan fingerprint density at radius 1 is 1.16 bits per heavy atom. The van der Waals surface area contributed by atoms with Crippen LogP contribution in [0.5, 0.6) is 0 Å². The largest absolute Gasteiger partial charge is 0.409 e. The predicted molar refractivity (Wildman–Crippen MR) is 54.0 cm³/mol. The molecule has 0 aromatic rings. The van der Waals surface area contributed by atoms with E-state index in [-0.39, 0.29) is 13.1 Å². The minimum absolute atomic E-state index is 0.176. The number of carbonyl (C=O) groups excluding carboxylic acids is 1. The molecule has 0 spiro atoms. The number of halogens is 6. The highest BCUT2D eigenvalue weighted by atomic mass is 19.4. The van der Waals surface area contributed by atoms with Crippen LogP contribution in [-0.4, -0.2) is 42.3 Å². The van der Waals surface area contributed by atoms with Crippen molar-refractivity contribution >= 4 is 5.91 Å². The number of hydrogen-bond donors (Lipinski definition) is 1. The van der Waals surface area contributed by atoms with Crippen molar-refractivity contribution < 1.29 is 31.1 Å². The van der Waals surface area contributed by atoms with E-state index in [1.165, 1.54) is 0 Å². The van der Waals surface area contributed by atoms with E-state index in [0.717, 1.165) is 0 Å². The SMILES string of the molecule is NCCN(C(=O)C(C(F)(F)F)C(F)(F)F)C1CCC1. The van der Waals surface area contributed by atoms with Crippen LogP contribution in [0.15, 0.2) is 0 Å². The lowest BCUT2D eigenvalue weighted by Crippen LogP contribution is -2.55. The second kappa shape index (κ2) is 5.56. The minimum atomic E-state index is -5.65. The van der Waals surface area contributed by atoms with Gasteiger partial charge in [0.25, 0.3) is 0 Å². The standard InChI is InChI=1S/C10H14F6N2O/c11-9(12,13)7(10(14,15)16)8(19)18(5-4-17)6-2-1-3-6/h6-7H,1-5,17H2. The molecule has 0 heterocycles. The predicted octanol–water partition coefficient (Wildman–Crippen LogP) is 2.07. The summed E-state index contributed by atoms with van der Waals surface area (Å²) < 4.78 is 74.7. The van der Waals surface area contributed by atoms with Gasteiger partial charge < -0.3 is 10.6 Å². The lowest BCUT2D eigenvalue weighted by Gasteiger charge is -2.39. The Kier molecular flexibility index (Phi) is 4.70. The summed E-state index contributed by atoms with van der Waals surface area (Å²) in [6, 6.07) is -0.566. The Balaban J connectivity index is 2.96. The molecule has 112 valence electrons. The first-order valence-corrected chi connectivity index (χ1v) is 5.73. The monoisotopic (exact) mass is 292 g/mol. The molecule has 1 aliphatic rings. The van der Waals surface area contributed by atoms with Crippen LogP contribution in [0, 0.1) is 5.92 Å². The molecule has 1 saturated carbocycles. The van der Waals surface area contributed by atoms with Crippen molar-refractivity contribution in [3.8, 4) is 0 Å². The first kappa shape index (κ1) is 16.1. The lowest BCUT2D eigenvalue weighted by molar-refractivity contribution is -0.278. The molecule has 1 rings (SSSR count). The number of amides is 1. The highest BCUT2D eigenvalue weighted by Crippen LogP contribution is 2.41. The van der Waals surface area contributed by atoms with E-state index in [4.69, 9.17) is 5.73 Å². The van der Waals surface area contributed by atoms with Gasteiger partial charge in [-0.25, -0.2) is 0 Å². The zero-order chi connectivity index (χ0) is 14.8. The molecule has 0 aliphatic heterocycles. The van der Waals surface area contributed by atoms with Gasteiger partial charge in [-0.15, -0.1) is 0 Å². The molecule has 0 aromatic carbocycles. The second-order valence-electron chi connectivity index (χ2n) is 4.42. The zero-order valence-electron chi connectivity index (χ0n) is 9.89. The van der Waals surface area contributed by atoms with Gasteiger partial charge in [-0.2, -0.15) is 26.3 Å². The van der Waals surface area contributed by atoms with Crippen LogP contribution in [0.4, 0.5) is 26.3 Å². The van der Waals surface area contributed by atoms with Crippen LogP contribution in [0.3, 0.4) is 0 Å². The maximum atomic E-state index is 12.5. The number of nitrogens with zero attached hydrogens (tertiary/aromatic N) is 1. The van der Waals surface area contributed by atoms with E-state index in [1.54, 1.807) is 0 Å². The van der Waals surface area contributed by atoms with Crippen molar-refractivity contribution in [1.29, 1.82) is 0 Å². The fraction of sp³-hybridized carbons (Fsp3) is 0.900. The molecule has 0 aromatic heterocycles. The Morgan fingerprint density at radius 3 is 1.89 bits per heavy atom. The molecular formula is C10H14F6N2O. The number of rotatable bonds is 4. The first-order chi connectivity index (χ1) is 8.59. The van der Waals surface area contributed by atoms with Crippen molar-refractivity contribution in [3.05, 3.63) is 0 Å².